The first-order chi connectivity index (χ1) is 9.49. The third-order valence-corrected chi connectivity index (χ3v) is 2.98. The fourth-order valence-electron chi connectivity index (χ4n) is 1.95. The molecule has 1 aromatic carbocycles. The predicted octanol–water partition coefficient (Wildman–Crippen LogP) is 2.46. The second kappa shape index (κ2) is 5.61. The first kappa shape index (κ1) is 13.9. The summed E-state index contributed by atoms with van der Waals surface area (Å²) in [5.74, 6) is -0.546. The highest BCUT2D eigenvalue weighted by molar-refractivity contribution is 6.06. The van der Waals surface area contributed by atoms with Crippen LogP contribution in [0, 0.1) is 0 Å². The van der Waals surface area contributed by atoms with E-state index < -0.39 is 11.5 Å². The lowest BCUT2D eigenvalue weighted by atomic mass is 10.0. The van der Waals surface area contributed by atoms with Crippen LogP contribution in [0.25, 0.3) is 0 Å². The minimum absolute atomic E-state index is 0.0307. The Kier molecular flexibility index (Phi) is 3.89. The molecule has 0 atom stereocenters. The van der Waals surface area contributed by atoms with Crippen molar-refractivity contribution in [3.8, 4) is 5.75 Å². The molecule has 0 saturated heterocycles. The van der Waals surface area contributed by atoms with Crippen LogP contribution in [-0.2, 0) is 0 Å². The number of pyridine rings is 1. The Labute approximate surface area is 116 Å². The van der Waals surface area contributed by atoms with Crippen LogP contribution < -0.4 is 10.9 Å². The molecule has 0 aliphatic heterocycles. The van der Waals surface area contributed by atoms with E-state index in [4.69, 9.17) is 0 Å². The molecule has 0 saturated carbocycles. The smallest absolute Gasteiger partial charge is 0.260 e. The first-order valence-electron chi connectivity index (χ1n) is 6.31. The molecule has 2 rings (SSSR count). The number of benzene rings is 1. The monoisotopic (exact) mass is 272 g/mol. The second-order valence-corrected chi connectivity index (χ2v) is 4.79. The Morgan fingerprint density at radius 2 is 2.00 bits per heavy atom. The van der Waals surface area contributed by atoms with Crippen molar-refractivity contribution in [2.75, 3.05) is 5.32 Å². The zero-order valence-electron chi connectivity index (χ0n) is 11.3. The zero-order valence-corrected chi connectivity index (χ0v) is 11.3. The molecule has 1 aromatic heterocycles. The van der Waals surface area contributed by atoms with Gasteiger partial charge in [0.2, 0.25) is 0 Å². The number of amides is 1. The van der Waals surface area contributed by atoms with Gasteiger partial charge in [0.15, 0.2) is 0 Å². The van der Waals surface area contributed by atoms with E-state index in [0.717, 1.165) is 11.6 Å². The van der Waals surface area contributed by atoms with Gasteiger partial charge in [-0.05, 0) is 17.5 Å². The van der Waals surface area contributed by atoms with Gasteiger partial charge < -0.3 is 15.4 Å². The largest absolute Gasteiger partial charge is 0.507 e. The van der Waals surface area contributed by atoms with Gasteiger partial charge in [-0.2, -0.15) is 0 Å². The van der Waals surface area contributed by atoms with Crippen molar-refractivity contribution in [1.29, 1.82) is 0 Å². The molecule has 5 nitrogen and oxygen atoms in total. The maximum Gasteiger partial charge on any atom is 0.260 e. The zero-order chi connectivity index (χ0) is 14.7. The van der Waals surface area contributed by atoms with Crippen molar-refractivity contribution >= 4 is 11.6 Å². The number of nitrogens with one attached hydrogen (secondary N) is 2. The Morgan fingerprint density at radius 3 is 2.65 bits per heavy atom. The van der Waals surface area contributed by atoms with E-state index >= 15 is 0 Å². The molecular weight excluding hydrogens is 256 g/mol. The van der Waals surface area contributed by atoms with Crippen molar-refractivity contribution < 1.29 is 9.90 Å². The third-order valence-electron chi connectivity index (χ3n) is 2.98. The number of H-pyrrole nitrogens is 1. The SMILES string of the molecule is CC(C)c1ccccc1NC(=O)c1c[nH]c(=O)cc1O. The van der Waals surface area contributed by atoms with Gasteiger partial charge in [-0.25, -0.2) is 0 Å². The molecule has 0 fully saturated rings. The summed E-state index contributed by atoms with van der Waals surface area (Å²) in [7, 11) is 0. The number of aromatic hydroxyl groups is 1. The fraction of sp³-hybridized carbons (Fsp3) is 0.200. The number of carbonyl (C=O) groups is 1. The Hall–Kier alpha value is -2.56. The number of aromatic nitrogens is 1. The third kappa shape index (κ3) is 2.88. The Bertz CT molecular complexity index is 690. The van der Waals surface area contributed by atoms with Gasteiger partial charge in [-0.3, -0.25) is 9.59 Å². The molecule has 1 amide bonds. The molecule has 2 aromatic rings. The molecule has 0 radical (unpaired) electrons. The van der Waals surface area contributed by atoms with E-state index in [1.54, 1.807) is 6.07 Å². The summed E-state index contributed by atoms with van der Waals surface area (Å²) >= 11 is 0. The normalized spacial score (nSPS) is 10.6. The van der Waals surface area contributed by atoms with Gasteiger partial charge in [-0.1, -0.05) is 32.0 Å². The summed E-state index contributed by atoms with van der Waals surface area (Å²) in [6, 6.07) is 8.45. The van der Waals surface area contributed by atoms with E-state index in [1.807, 2.05) is 32.0 Å². The van der Waals surface area contributed by atoms with E-state index in [2.05, 4.69) is 10.3 Å². The van der Waals surface area contributed by atoms with Crippen molar-refractivity contribution in [2.45, 2.75) is 19.8 Å². The van der Waals surface area contributed by atoms with Crippen LogP contribution in [-0.4, -0.2) is 16.0 Å². The first-order valence-corrected chi connectivity index (χ1v) is 6.31. The van der Waals surface area contributed by atoms with Gasteiger partial charge in [-0.15, -0.1) is 0 Å². The number of rotatable bonds is 3. The number of hydrogen-bond donors (Lipinski definition) is 3. The summed E-state index contributed by atoms with van der Waals surface area (Å²) in [6.07, 6.45) is 1.20. The van der Waals surface area contributed by atoms with Gasteiger partial charge in [0, 0.05) is 18.0 Å². The highest BCUT2D eigenvalue weighted by Gasteiger charge is 2.14. The lowest BCUT2D eigenvalue weighted by molar-refractivity contribution is 0.102. The van der Waals surface area contributed by atoms with Crippen molar-refractivity contribution in [3.63, 3.8) is 0 Å². The van der Waals surface area contributed by atoms with Gasteiger partial charge in [0.25, 0.3) is 11.5 Å². The number of carbonyl (C=O) groups excluding carboxylic acids is 1. The molecule has 20 heavy (non-hydrogen) atoms. The summed E-state index contributed by atoms with van der Waals surface area (Å²) in [5.41, 5.74) is 1.27. The predicted molar refractivity (Wildman–Crippen MR) is 77.2 cm³/mol. The molecule has 0 bridgehead atoms. The van der Waals surface area contributed by atoms with Crippen LogP contribution >= 0.6 is 0 Å². The van der Waals surface area contributed by atoms with Gasteiger partial charge >= 0.3 is 0 Å². The number of hydrogen-bond acceptors (Lipinski definition) is 3. The summed E-state index contributed by atoms with van der Waals surface area (Å²) in [5, 5.41) is 12.4. The minimum Gasteiger partial charge on any atom is -0.507 e. The highest BCUT2D eigenvalue weighted by Crippen LogP contribution is 2.24. The summed E-state index contributed by atoms with van der Waals surface area (Å²) in [4.78, 5) is 25.5. The lowest BCUT2D eigenvalue weighted by Crippen LogP contribution is -2.16. The van der Waals surface area contributed by atoms with E-state index in [0.29, 0.717) is 5.69 Å². The molecule has 104 valence electrons. The Balaban J connectivity index is 2.30. The van der Waals surface area contributed by atoms with E-state index in [9.17, 15) is 14.7 Å². The summed E-state index contributed by atoms with van der Waals surface area (Å²) < 4.78 is 0. The molecule has 3 N–H and O–H groups in total. The van der Waals surface area contributed by atoms with Crippen LogP contribution in [0.1, 0.15) is 35.7 Å². The second-order valence-electron chi connectivity index (χ2n) is 4.79. The maximum absolute atomic E-state index is 12.1. The van der Waals surface area contributed by atoms with Crippen LogP contribution in [0.3, 0.4) is 0 Å². The average Bonchev–Trinajstić information content (AvgIpc) is 2.38. The number of aromatic amines is 1. The molecule has 0 unspecified atom stereocenters. The van der Waals surface area contributed by atoms with Crippen LogP contribution in [0.4, 0.5) is 5.69 Å². The number of para-hydroxylation sites is 1. The molecule has 5 heteroatoms. The van der Waals surface area contributed by atoms with Crippen molar-refractivity contribution in [3.05, 3.63) is 58.0 Å². The Morgan fingerprint density at radius 1 is 1.30 bits per heavy atom. The summed E-state index contributed by atoms with van der Waals surface area (Å²) in [6.45, 7) is 4.06. The molecule has 1 heterocycles. The minimum atomic E-state index is -0.466. The molecular formula is C15H16N2O3. The topological polar surface area (TPSA) is 82.2 Å². The molecule has 0 spiro atoms. The number of anilines is 1. The van der Waals surface area contributed by atoms with E-state index in [1.165, 1.54) is 6.20 Å². The van der Waals surface area contributed by atoms with Gasteiger partial charge in [0.1, 0.15) is 5.75 Å². The van der Waals surface area contributed by atoms with Gasteiger partial charge in [0.05, 0.1) is 5.56 Å². The molecule has 0 aliphatic rings. The standard InChI is InChI=1S/C15H16N2O3/c1-9(2)10-5-3-4-6-12(10)17-15(20)11-8-16-14(19)7-13(11)18/h3-9H,1-2H3,(H,17,20)(H2,16,18,19). The highest BCUT2D eigenvalue weighted by atomic mass is 16.3. The van der Waals surface area contributed by atoms with Crippen LogP contribution in [0.15, 0.2) is 41.3 Å². The quantitative estimate of drug-likeness (QED) is 0.802. The van der Waals surface area contributed by atoms with E-state index in [-0.39, 0.29) is 17.2 Å². The fourth-order valence-corrected chi connectivity index (χ4v) is 1.95. The van der Waals surface area contributed by atoms with Crippen LogP contribution in [0.2, 0.25) is 0 Å². The lowest BCUT2D eigenvalue weighted by Gasteiger charge is -2.13. The van der Waals surface area contributed by atoms with Crippen molar-refractivity contribution in [1.82, 2.24) is 4.98 Å². The van der Waals surface area contributed by atoms with Crippen LogP contribution in [0.5, 0.6) is 5.75 Å². The average molecular weight is 272 g/mol. The maximum atomic E-state index is 12.1. The van der Waals surface area contributed by atoms with Crippen molar-refractivity contribution in [2.24, 2.45) is 0 Å². The molecule has 0 aliphatic carbocycles.